The summed E-state index contributed by atoms with van der Waals surface area (Å²) in [5.41, 5.74) is 2.97. The molecule has 2 aromatic carbocycles. The second-order valence-electron chi connectivity index (χ2n) is 6.26. The molecule has 0 radical (unpaired) electrons. The molecule has 3 amide bonds. The molecule has 0 aliphatic heterocycles. The number of anilines is 1. The van der Waals surface area contributed by atoms with Crippen molar-refractivity contribution >= 4 is 41.0 Å². The summed E-state index contributed by atoms with van der Waals surface area (Å²) in [6, 6.07) is 10.2. The number of alkyl halides is 3. The van der Waals surface area contributed by atoms with Crippen LogP contribution in [-0.4, -0.2) is 30.3 Å². The van der Waals surface area contributed by atoms with Crippen LogP contribution in [-0.2, 0) is 25.3 Å². The average Bonchev–Trinajstić information content (AvgIpc) is 2.74. The Hall–Kier alpha value is -3.60. The Balaban J connectivity index is 1.71. The van der Waals surface area contributed by atoms with E-state index in [4.69, 9.17) is 11.6 Å². The third kappa shape index (κ3) is 7.91. The van der Waals surface area contributed by atoms with E-state index < -0.39 is 54.1 Å². The first-order valence-corrected chi connectivity index (χ1v) is 9.40. The lowest BCUT2D eigenvalue weighted by molar-refractivity contribution is -0.148. The number of para-hydroxylation sites is 1. The molecule has 0 atom stereocenters. The van der Waals surface area contributed by atoms with Gasteiger partial charge in [0.2, 0.25) is 5.91 Å². The van der Waals surface area contributed by atoms with Crippen molar-refractivity contribution in [2.75, 3.05) is 11.9 Å². The van der Waals surface area contributed by atoms with Crippen LogP contribution in [0.3, 0.4) is 0 Å². The number of ether oxygens (including phenoxy) is 1. The van der Waals surface area contributed by atoms with E-state index in [0.717, 1.165) is 12.1 Å². The molecule has 3 N–H and O–H groups in total. The van der Waals surface area contributed by atoms with E-state index in [1.54, 1.807) is 0 Å². The first kappa shape index (κ1) is 24.7. The molecule has 0 aromatic heterocycles. The lowest BCUT2D eigenvalue weighted by Crippen LogP contribution is -2.41. The summed E-state index contributed by atoms with van der Waals surface area (Å²) in [7, 11) is 0. The van der Waals surface area contributed by atoms with Crippen molar-refractivity contribution in [1.29, 1.82) is 0 Å². The van der Waals surface area contributed by atoms with Gasteiger partial charge in [-0.2, -0.15) is 13.2 Å². The van der Waals surface area contributed by atoms with E-state index in [1.807, 2.05) is 5.32 Å². The van der Waals surface area contributed by atoms with Gasteiger partial charge in [-0.3, -0.25) is 30.0 Å². The molecule has 0 fully saturated rings. The molecule has 0 bridgehead atoms. The molecule has 0 spiro atoms. The summed E-state index contributed by atoms with van der Waals surface area (Å²) in [6.07, 6.45) is -5.45. The maximum Gasteiger partial charge on any atom is 0.418 e. The standard InChI is InChI=1S/C20H17ClF3N3O5/c21-13-7-5-12(6-8-13)19(31)27-26-16(28)9-10-18(30)32-11-17(29)25-15-4-2-1-3-14(15)20(22,23)24/h1-8H,9-11H2,(H,25,29)(H,26,28)(H,27,31). The molecule has 12 heteroatoms. The van der Waals surface area contributed by atoms with E-state index >= 15 is 0 Å². The van der Waals surface area contributed by atoms with Gasteiger partial charge in [0, 0.05) is 17.0 Å². The number of hydrogen-bond acceptors (Lipinski definition) is 5. The average molecular weight is 472 g/mol. The van der Waals surface area contributed by atoms with E-state index in [2.05, 4.69) is 15.6 Å². The molecule has 32 heavy (non-hydrogen) atoms. The topological polar surface area (TPSA) is 114 Å². The van der Waals surface area contributed by atoms with Gasteiger partial charge in [-0.25, -0.2) is 0 Å². The van der Waals surface area contributed by atoms with Crippen molar-refractivity contribution in [3.05, 3.63) is 64.7 Å². The Labute approximate surface area is 185 Å². The van der Waals surface area contributed by atoms with Gasteiger partial charge in [0.05, 0.1) is 17.7 Å². The molecular weight excluding hydrogens is 455 g/mol. The molecule has 0 saturated carbocycles. The molecule has 2 aromatic rings. The van der Waals surface area contributed by atoms with E-state index in [1.165, 1.54) is 36.4 Å². The fraction of sp³-hybridized carbons (Fsp3) is 0.200. The zero-order valence-corrected chi connectivity index (χ0v) is 17.0. The van der Waals surface area contributed by atoms with Crippen LogP contribution in [0, 0.1) is 0 Å². The Kier molecular flexibility index (Phi) is 8.59. The number of carbonyl (C=O) groups excluding carboxylic acids is 4. The number of hydrogen-bond donors (Lipinski definition) is 3. The van der Waals surface area contributed by atoms with Crippen LogP contribution in [0.1, 0.15) is 28.8 Å². The van der Waals surface area contributed by atoms with E-state index in [-0.39, 0.29) is 12.0 Å². The molecule has 0 saturated heterocycles. The third-order valence-electron chi connectivity index (χ3n) is 3.85. The number of hydrazine groups is 1. The molecule has 2 rings (SSSR count). The van der Waals surface area contributed by atoms with Crippen LogP contribution < -0.4 is 16.2 Å². The SMILES string of the molecule is O=C(CCC(=O)OCC(=O)Nc1ccccc1C(F)(F)F)NNC(=O)c1ccc(Cl)cc1. The summed E-state index contributed by atoms with van der Waals surface area (Å²) >= 11 is 5.71. The summed E-state index contributed by atoms with van der Waals surface area (Å²) in [4.78, 5) is 47.0. The van der Waals surface area contributed by atoms with Gasteiger partial charge < -0.3 is 10.1 Å². The predicted octanol–water partition coefficient (Wildman–Crippen LogP) is 3.08. The van der Waals surface area contributed by atoms with Crippen LogP contribution in [0.15, 0.2) is 48.5 Å². The van der Waals surface area contributed by atoms with E-state index in [0.29, 0.717) is 5.02 Å². The number of esters is 1. The highest BCUT2D eigenvalue weighted by Crippen LogP contribution is 2.34. The minimum absolute atomic E-state index is 0.243. The summed E-state index contributed by atoms with van der Waals surface area (Å²) in [6.45, 7) is -0.833. The Morgan fingerprint density at radius 2 is 1.53 bits per heavy atom. The van der Waals surface area contributed by atoms with Crippen LogP contribution in [0.2, 0.25) is 5.02 Å². The Morgan fingerprint density at radius 1 is 0.875 bits per heavy atom. The number of benzene rings is 2. The van der Waals surface area contributed by atoms with Gasteiger partial charge in [0.1, 0.15) is 0 Å². The van der Waals surface area contributed by atoms with Gasteiger partial charge in [-0.05, 0) is 36.4 Å². The number of nitrogens with one attached hydrogen (secondary N) is 3. The highest BCUT2D eigenvalue weighted by molar-refractivity contribution is 6.30. The third-order valence-corrected chi connectivity index (χ3v) is 4.10. The van der Waals surface area contributed by atoms with Gasteiger partial charge in [-0.1, -0.05) is 23.7 Å². The summed E-state index contributed by atoms with van der Waals surface area (Å²) in [5, 5.41) is 2.45. The first-order valence-electron chi connectivity index (χ1n) is 9.02. The zero-order valence-electron chi connectivity index (χ0n) is 16.3. The molecule has 0 unspecified atom stereocenters. The summed E-state index contributed by atoms with van der Waals surface area (Å²) in [5.74, 6) is -3.21. The van der Waals surface area contributed by atoms with Crippen LogP contribution in [0.4, 0.5) is 18.9 Å². The largest absolute Gasteiger partial charge is 0.456 e. The second kappa shape index (κ2) is 11.1. The zero-order chi connectivity index (χ0) is 23.7. The Bertz CT molecular complexity index is 997. The fourth-order valence-electron chi connectivity index (χ4n) is 2.32. The minimum atomic E-state index is -4.67. The van der Waals surface area contributed by atoms with Crippen molar-refractivity contribution in [2.45, 2.75) is 19.0 Å². The smallest absolute Gasteiger partial charge is 0.418 e. The van der Waals surface area contributed by atoms with Crippen LogP contribution in [0.5, 0.6) is 0 Å². The van der Waals surface area contributed by atoms with Crippen molar-refractivity contribution < 1.29 is 37.1 Å². The highest BCUT2D eigenvalue weighted by Gasteiger charge is 2.33. The normalized spacial score (nSPS) is 10.8. The second-order valence-corrected chi connectivity index (χ2v) is 6.70. The lowest BCUT2D eigenvalue weighted by Gasteiger charge is -2.13. The molecule has 8 nitrogen and oxygen atoms in total. The predicted molar refractivity (Wildman–Crippen MR) is 107 cm³/mol. The lowest BCUT2D eigenvalue weighted by atomic mass is 10.1. The molecule has 0 aliphatic carbocycles. The number of amides is 3. The maximum absolute atomic E-state index is 12.9. The van der Waals surface area contributed by atoms with Crippen LogP contribution in [0.25, 0.3) is 0 Å². The molecule has 0 aliphatic rings. The number of halogens is 4. The molecule has 170 valence electrons. The Morgan fingerprint density at radius 3 is 2.19 bits per heavy atom. The van der Waals surface area contributed by atoms with Crippen molar-refractivity contribution in [3.8, 4) is 0 Å². The first-order chi connectivity index (χ1) is 15.1. The van der Waals surface area contributed by atoms with Crippen molar-refractivity contribution in [2.24, 2.45) is 0 Å². The minimum Gasteiger partial charge on any atom is -0.456 e. The van der Waals surface area contributed by atoms with E-state index in [9.17, 15) is 32.3 Å². The monoisotopic (exact) mass is 471 g/mol. The highest BCUT2D eigenvalue weighted by atomic mass is 35.5. The maximum atomic E-state index is 12.9. The van der Waals surface area contributed by atoms with Gasteiger partial charge in [0.25, 0.3) is 11.8 Å². The van der Waals surface area contributed by atoms with Crippen molar-refractivity contribution in [1.82, 2.24) is 10.9 Å². The van der Waals surface area contributed by atoms with Crippen molar-refractivity contribution in [3.63, 3.8) is 0 Å². The van der Waals surface area contributed by atoms with Crippen LogP contribution >= 0.6 is 11.6 Å². The summed E-state index contributed by atoms with van der Waals surface area (Å²) < 4.78 is 43.4. The van der Waals surface area contributed by atoms with Gasteiger partial charge in [0.15, 0.2) is 6.61 Å². The quantitative estimate of drug-likeness (QED) is 0.424. The molecular formula is C20H17ClF3N3O5. The number of rotatable bonds is 7. The fourth-order valence-corrected chi connectivity index (χ4v) is 2.45. The number of carbonyl (C=O) groups is 4. The van der Waals surface area contributed by atoms with Gasteiger partial charge >= 0.3 is 12.1 Å². The molecule has 0 heterocycles. The van der Waals surface area contributed by atoms with Gasteiger partial charge in [-0.15, -0.1) is 0 Å².